The maximum absolute atomic E-state index is 14.5. The Morgan fingerprint density at radius 3 is 2.31 bits per heavy atom. The van der Waals surface area contributed by atoms with Crippen molar-refractivity contribution in [3.63, 3.8) is 0 Å². The van der Waals surface area contributed by atoms with Gasteiger partial charge in [-0.2, -0.15) is 0 Å². The standard InChI is InChI=1S/C19H22F3NO3/c1-11(10-24)16(23-18(25)26-19(3,4)5)9-15(22)12(2)17-13(20)7-6-8-14(17)21/h6-9,24H,1,10H2,2-5H3,(H,23,25)/b15-12-,16-9+. The molecule has 4 nitrogen and oxygen atoms in total. The molecule has 0 fully saturated rings. The minimum absolute atomic E-state index is 0.00665. The van der Waals surface area contributed by atoms with Crippen LogP contribution in [0.2, 0.25) is 0 Å². The van der Waals surface area contributed by atoms with Gasteiger partial charge in [-0.15, -0.1) is 0 Å². The van der Waals surface area contributed by atoms with Crippen molar-refractivity contribution in [2.45, 2.75) is 33.3 Å². The number of amides is 1. The number of alkyl carbamates (subject to hydrolysis) is 1. The zero-order valence-corrected chi connectivity index (χ0v) is 15.1. The largest absolute Gasteiger partial charge is 0.444 e. The number of ether oxygens (including phenoxy) is 1. The van der Waals surface area contributed by atoms with Crippen LogP contribution in [0.15, 0.2) is 48.0 Å². The molecule has 1 aromatic rings. The average Bonchev–Trinajstić information content (AvgIpc) is 2.51. The summed E-state index contributed by atoms with van der Waals surface area (Å²) in [5.41, 5.74) is -1.80. The normalized spacial score (nSPS) is 13.2. The van der Waals surface area contributed by atoms with Gasteiger partial charge in [-0.3, -0.25) is 5.32 Å². The molecular formula is C19H22F3NO3. The molecular weight excluding hydrogens is 347 g/mol. The van der Waals surface area contributed by atoms with Crippen LogP contribution < -0.4 is 5.32 Å². The number of hydrogen-bond acceptors (Lipinski definition) is 3. The summed E-state index contributed by atoms with van der Waals surface area (Å²) in [5, 5.41) is 11.5. The van der Waals surface area contributed by atoms with Crippen LogP contribution >= 0.6 is 0 Å². The van der Waals surface area contributed by atoms with Gasteiger partial charge in [0, 0.05) is 0 Å². The third kappa shape index (κ3) is 6.07. The molecule has 0 saturated carbocycles. The smallest absolute Gasteiger partial charge is 0.412 e. The number of aliphatic hydroxyl groups is 1. The van der Waals surface area contributed by atoms with E-state index in [-0.39, 0.29) is 16.8 Å². The number of carbonyl (C=O) groups is 1. The summed E-state index contributed by atoms with van der Waals surface area (Å²) >= 11 is 0. The first-order valence-electron chi connectivity index (χ1n) is 7.77. The first-order valence-corrected chi connectivity index (χ1v) is 7.77. The Balaban J connectivity index is 3.27. The molecule has 0 saturated heterocycles. The van der Waals surface area contributed by atoms with Crippen molar-refractivity contribution in [2.24, 2.45) is 0 Å². The topological polar surface area (TPSA) is 58.6 Å². The Morgan fingerprint density at radius 2 is 1.85 bits per heavy atom. The van der Waals surface area contributed by atoms with Gasteiger partial charge in [0.2, 0.25) is 0 Å². The van der Waals surface area contributed by atoms with Crippen LogP contribution in [-0.2, 0) is 4.74 Å². The molecule has 0 aromatic heterocycles. The summed E-state index contributed by atoms with van der Waals surface area (Å²) in [6.45, 7) is 9.07. The minimum Gasteiger partial charge on any atom is -0.444 e. The highest BCUT2D eigenvalue weighted by atomic mass is 19.1. The highest BCUT2D eigenvalue weighted by molar-refractivity contribution is 5.73. The van der Waals surface area contributed by atoms with Gasteiger partial charge in [-0.1, -0.05) is 12.6 Å². The molecule has 142 valence electrons. The molecule has 26 heavy (non-hydrogen) atoms. The number of aliphatic hydroxyl groups excluding tert-OH is 1. The lowest BCUT2D eigenvalue weighted by molar-refractivity contribution is 0.0546. The predicted octanol–water partition coefficient (Wildman–Crippen LogP) is 4.62. The lowest BCUT2D eigenvalue weighted by Crippen LogP contribution is -2.32. The van der Waals surface area contributed by atoms with Gasteiger partial charge in [0.25, 0.3) is 0 Å². The van der Waals surface area contributed by atoms with Gasteiger partial charge in [-0.05, 0) is 57.0 Å². The van der Waals surface area contributed by atoms with Crippen LogP contribution in [0.3, 0.4) is 0 Å². The third-order valence-corrected chi connectivity index (χ3v) is 3.17. The molecule has 0 bridgehead atoms. The second-order valence-corrected chi connectivity index (χ2v) is 6.52. The lowest BCUT2D eigenvalue weighted by atomic mass is 10.0. The molecule has 0 unspecified atom stereocenters. The Morgan fingerprint density at radius 1 is 1.31 bits per heavy atom. The molecule has 0 radical (unpaired) electrons. The fraction of sp³-hybridized carbons (Fsp3) is 0.316. The molecule has 0 atom stereocenters. The van der Waals surface area contributed by atoms with Crippen molar-refractivity contribution < 1.29 is 27.8 Å². The van der Waals surface area contributed by atoms with Gasteiger partial charge in [-0.25, -0.2) is 18.0 Å². The number of nitrogens with one attached hydrogen (secondary N) is 1. The minimum atomic E-state index is -1.00. The highest BCUT2D eigenvalue weighted by Gasteiger charge is 2.19. The van der Waals surface area contributed by atoms with E-state index in [0.29, 0.717) is 0 Å². The number of carbonyl (C=O) groups excluding carboxylic acids is 1. The summed E-state index contributed by atoms with van der Waals surface area (Å²) in [6.07, 6.45) is -0.0650. The maximum atomic E-state index is 14.5. The molecule has 0 aliphatic carbocycles. The van der Waals surface area contributed by atoms with E-state index in [0.717, 1.165) is 24.3 Å². The Bertz CT molecular complexity index is 742. The van der Waals surface area contributed by atoms with E-state index < -0.39 is 41.3 Å². The molecule has 0 heterocycles. The van der Waals surface area contributed by atoms with Crippen LogP contribution in [0.25, 0.3) is 5.57 Å². The molecule has 1 amide bonds. The van der Waals surface area contributed by atoms with Gasteiger partial charge < -0.3 is 9.84 Å². The van der Waals surface area contributed by atoms with Crippen LogP contribution in [0.1, 0.15) is 33.3 Å². The number of halogens is 3. The highest BCUT2D eigenvalue weighted by Crippen LogP contribution is 2.26. The van der Waals surface area contributed by atoms with Gasteiger partial charge >= 0.3 is 6.09 Å². The zero-order valence-electron chi connectivity index (χ0n) is 15.1. The Labute approximate surface area is 150 Å². The van der Waals surface area contributed by atoms with E-state index in [1.165, 1.54) is 6.92 Å². The fourth-order valence-electron chi connectivity index (χ4n) is 1.94. The summed E-state index contributed by atoms with van der Waals surface area (Å²) in [4.78, 5) is 11.9. The zero-order chi connectivity index (χ0) is 20.1. The second-order valence-electron chi connectivity index (χ2n) is 6.52. The molecule has 0 aliphatic heterocycles. The van der Waals surface area contributed by atoms with Crippen molar-refractivity contribution in [2.75, 3.05) is 6.61 Å². The third-order valence-electron chi connectivity index (χ3n) is 3.17. The molecule has 1 aromatic carbocycles. The molecule has 7 heteroatoms. The molecule has 0 spiro atoms. The summed E-state index contributed by atoms with van der Waals surface area (Å²) in [5.74, 6) is -2.85. The number of rotatable bonds is 5. The number of allylic oxidation sites excluding steroid dienone is 3. The van der Waals surface area contributed by atoms with Gasteiger partial charge in [0.15, 0.2) is 0 Å². The molecule has 0 aliphatic rings. The van der Waals surface area contributed by atoms with E-state index in [1.807, 2.05) is 0 Å². The maximum Gasteiger partial charge on any atom is 0.412 e. The van der Waals surface area contributed by atoms with Crippen molar-refractivity contribution in [1.82, 2.24) is 5.32 Å². The van der Waals surface area contributed by atoms with Crippen LogP contribution in [-0.4, -0.2) is 23.4 Å². The fourth-order valence-corrected chi connectivity index (χ4v) is 1.94. The van der Waals surface area contributed by atoms with E-state index in [1.54, 1.807) is 20.8 Å². The van der Waals surface area contributed by atoms with E-state index in [4.69, 9.17) is 4.74 Å². The van der Waals surface area contributed by atoms with E-state index in [9.17, 15) is 23.1 Å². The first kappa shape index (κ1) is 21.5. The van der Waals surface area contributed by atoms with Crippen molar-refractivity contribution >= 4 is 11.7 Å². The van der Waals surface area contributed by atoms with Crippen LogP contribution in [0, 0.1) is 11.6 Å². The van der Waals surface area contributed by atoms with Crippen LogP contribution in [0.4, 0.5) is 18.0 Å². The summed E-state index contributed by atoms with van der Waals surface area (Å²) in [7, 11) is 0. The lowest BCUT2D eigenvalue weighted by Gasteiger charge is -2.21. The van der Waals surface area contributed by atoms with E-state index in [2.05, 4.69) is 11.9 Å². The second kappa shape index (κ2) is 8.71. The van der Waals surface area contributed by atoms with Gasteiger partial charge in [0.05, 0.1) is 17.9 Å². The summed E-state index contributed by atoms with van der Waals surface area (Å²) < 4.78 is 47.2. The number of hydrogen-bond donors (Lipinski definition) is 2. The first-order chi connectivity index (χ1) is 12.0. The molecule has 2 N–H and O–H groups in total. The quantitative estimate of drug-likeness (QED) is 0.745. The van der Waals surface area contributed by atoms with Crippen molar-refractivity contribution in [3.8, 4) is 0 Å². The Hall–Kier alpha value is -2.54. The monoisotopic (exact) mass is 369 g/mol. The molecule has 1 rings (SSSR count). The van der Waals surface area contributed by atoms with E-state index >= 15 is 0 Å². The predicted molar refractivity (Wildman–Crippen MR) is 93.7 cm³/mol. The SMILES string of the molecule is C=C(CO)/C(=C\C(F)=C(/C)c1c(F)cccc1F)NC(=O)OC(C)(C)C. The van der Waals surface area contributed by atoms with Crippen molar-refractivity contribution in [1.29, 1.82) is 0 Å². The van der Waals surface area contributed by atoms with Crippen LogP contribution in [0.5, 0.6) is 0 Å². The number of benzene rings is 1. The average molecular weight is 369 g/mol. The van der Waals surface area contributed by atoms with Crippen molar-refractivity contribution in [3.05, 3.63) is 65.1 Å². The Kier molecular flexibility index (Phi) is 7.20. The van der Waals surface area contributed by atoms with Gasteiger partial charge in [0.1, 0.15) is 23.1 Å². The summed E-state index contributed by atoms with van der Waals surface area (Å²) in [6, 6.07) is 3.18.